The smallest absolute Gasteiger partial charge is 0.270 e. The van der Waals surface area contributed by atoms with Gasteiger partial charge < -0.3 is 10.1 Å². The monoisotopic (exact) mass is 361 g/mol. The van der Waals surface area contributed by atoms with Crippen LogP contribution in [0.2, 0.25) is 0 Å². The van der Waals surface area contributed by atoms with Gasteiger partial charge in [0.05, 0.1) is 18.8 Å². The maximum atomic E-state index is 12.9. The number of benzene rings is 2. The van der Waals surface area contributed by atoms with Crippen molar-refractivity contribution in [2.45, 2.75) is 25.3 Å². The van der Waals surface area contributed by atoms with Gasteiger partial charge in [0.25, 0.3) is 5.91 Å². The van der Waals surface area contributed by atoms with Gasteiger partial charge in [-0.25, -0.2) is 0 Å². The molecule has 1 heterocycles. The predicted molar refractivity (Wildman–Crippen MR) is 105 cm³/mol. The molecule has 1 aromatic heterocycles. The van der Waals surface area contributed by atoms with Gasteiger partial charge in [-0.2, -0.15) is 5.10 Å². The van der Waals surface area contributed by atoms with E-state index in [0.717, 1.165) is 36.3 Å². The third-order valence-corrected chi connectivity index (χ3v) is 5.15. The molecule has 27 heavy (non-hydrogen) atoms. The molecular weight excluding hydrogens is 338 g/mol. The van der Waals surface area contributed by atoms with E-state index in [4.69, 9.17) is 4.74 Å². The Labute approximate surface area is 159 Å². The van der Waals surface area contributed by atoms with E-state index in [0.29, 0.717) is 5.69 Å². The molecule has 1 amide bonds. The first-order chi connectivity index (χ1) is 13.2. The number of carbonyl (C=O) groups is 1. The second-order valence-electron chi connectivity index (χ2n) is 6.89. The highest BCUT2D eigenvalue weighted by Gasteiger charge is 2.23. The van der Waals surface area contributed by atoms with Crippen molar-refractivity contribution in [3.63, 3.8) is 0 Å². The van der Waals surface area contributed by atoms with Crippen LogP contribution in [-0.2, 0) is 13.5 Å². The van der Waals surface area contributed by atoms with Crippen molar-refractivity contribution >= 4 is 5.91 Å². The molecule has 1 unspecified atom stereocenters. The number of amides is 1. The number of ether oxygens (including phenoxy) is 1. The largest absolute Gasteiger partial charge is 0.497 e. The van der Waals surface area contributed by atoms with Crippen molar-refractivity contribution in [2.24, 2.45) is 7.05 Å². The lowest BCUT2D eigenvalue weighted by atomic mass is 9.87. The van der Waals surface area contributed by atoms with E-state index in [1.165, 1.54) is 11.1 Å². The number of fused-ring (bicyclic) bond motifs is 1. The Balaban J connectivity index is 1.57. The van der Waals surface area contributed by atoms with Crippen molar-refractivity contribution in [3.8, 4) is 17.0 Å². The molecule has 0 fully saturated rings. The summed E-state index contributed by atoms with van der Waals surface area (Å²) in [5.41, 5.74) is 4.79. The number of hydrogen-bond donors (Lipinski definition) is 1. The molecule has 5 nitrogen and oxygen atoms in total. The van der Waals surface area contributed by atoms with Gasteiger partial charge in [0.2, 0.25) is 0 Å². The van der Waals surface area contributed by atoms with E-state index in [1.807, 2.05) is 36.4 Å². The number of rotatable bonds is 4. The van der Waals surface area contributed by atoms with E-state index in [-0.39, 0.29) is 11.9 Å². The number of aromatic nitrogens is 2. The van der Waals surface area contributed by atoms with Crippen LogP contribution in [0.4, 0.5) is 0 Å². The summed E-state index contributed by atoms with van der Waals surface area (Å²) in [4.78, 5) is 12.9. The zero-order chi connectivity index (χ0) is 18.8. The average molecular weight is 361 g/mol. The fraction of sp³-hybridized carbons (Fsp3) is 0.273. The lowest BCUT2D eigenvalue weighted by Crippen LogP contribution is -2.32. The third kappa shape index (κ3) is 3.45. The van der Waals surface area contributed by atoms with Crippen LogP contribution < -0.4 is 10.1 Å². The molecule has 0 saturated heterocycles. The highest BCUT2D eigenvalue weighted by Crippen LogP contribution is 2.30. The van der Waals surface area contributed by atoms with Crippen LogP contribution in [0.3, 0.4) is 0 Å². The highest BCUT2D eigenvalue weighted by atomic mass is 16.5. The molecule has 1 aliphatic rings. The van der Waals surface area contributed by atoms with Gasteiger partial charge >= 0.3 is 0 Å². The number of nitrogens with one attached hydrogen (secondary N) is 1. The van der Waals surface area contributed by atoms with Crippen molar-refractivity contribution in [2.75, 3.05) is 7.11 Å². The van der Waals surface area contributed by atoms with Gasteiger partial charge in [0.15, 0.2) is 0 Å². The number of hydrogen-bond acceptors (Lipinski definition) is 3. The Morgan fingerprint density at radius 2 is 2.04 bits per heavy atom. The molecule has 0 aliphatic heterocycles. The van der Waals surface area contributed by atoms with E-state index in [9.17, 15) is 4.79 Å². The molecule has 0 spiro atoms. The molecule has 0 saturated carbocycles. The quantitative estimate of drug-likeness (QED) is 0.767. The Bertz CT molecular complexity index is 977. The van der Waals surface area contributed by atoms with E-state index >= 15 is 0 Å². The van der Waals surface area contributed by atoms with Crippen LogP contribution in [0.25, 0.3) is 11.3 Å². The Kier molecular flexibility index (Phi) is 4.67. The van der Waals surface area contributed by atoms with E-state index in [2.05, 4.69) is 28.6 Å². The summed E-state index contributed by atoms with van der Waals surface area (Å²) >= 11 is 0. The number of carbonyl (C=O) groups excluding carboxylic acids is 1. The molecular formula is C22H23N3O2. The SMILES string of the molecule is COc1cccc(-c2cc(C(=O)NC3CCCc4ccccc43)n(C)n2)c1. The molecule has 1 atom stereocenters. The normalized spacial score (nSPS) is 15.9. The van der Waals surface area contributed by atoms with Crippen LogP contribution in [0, 0.1) is 0 Å². The van der Waals surface area contributed by atoms with Gasteiger partial charge in [-0.3, -0.25) is 9.48 Å². The Hall–Kier alpha value is -3.08. The van der Waals surface area contributed by atoms with Gasteiger partial charge in [-0.15, -0.1) is 0 Å². The van der Waals surface area contributed by atoms with E-state index in [1.54, 1.807) is 18.8 Å². The van der Waals surface area contributed by atoms with Gasteiger partial charge in [-0.05, 0) is 48.6 Å². The highest BCUT2D eigenvalue weighted by molar-refractivity contribution is 5.94. The number of nitrogens with zero attached hydrogens (tertiary/aromatic N) is 2. The molecule has 1 N–H and O–H groups in total. The van der Waals surface area contributed by atoms with Crippen molar-refractivity contribution in [1.82, 2.24) is 15.1 Å². The molecule has 138 valence electrons. The number of aryl methyl sites for hydroxylation is 2. The van der Waals surface area contributed by atoms with Crippen molar-refractivity contribution in [3.05, 3.63) is 71.4 Å². The predicted octanol–water partition coefficient (Wildman–Crippen LogP) is 3.90. The van der Waals surface area contributed by atoms with Crippen LogP contribution in [0.1, 0.15) is 40.5 Å². The van der Waals surface area contributed by atoms with Crippen LogP contribution in [0.15, 0.2) is 54.6 Å². The molecule has 1 aliphatic carbocycles. The standard InChI is InChI=1S/C22H23N3O2/c1-25-21(14-20(24-25)16-9-5-10-17(13-16)27-2)22(26)23-19-12-6-8-15-7-3-4-11-18(15)19/h3-5,7,9-11,13-14,19H,6,8,12H2,1-2H3,(H,23,26). The molecule has 3 aromatic rings. The lowest BCUT2D eigenvalue weighted by molar-refractivity contribution is 0.0923. The fourth-order valence-electron chi connectivity index (χ4n) is 3.74. The first-order valence-electron chi connectivity index (χ1n) is 9.23. The zero-order valence-electron chi connectivity index (χ0n) is 15.6. The molecule has 0 bridgehead atoms. The summed E-state index contributed by atoms with van der Waals surface area (Å²) in [7, 11) is 3.44. The lowest BCUT2D eigenvalue weighted by Gasteiger charge is -2.26. The molecule has 2 aromatic carbocycles. The number of methoxy groups -OCH3 is 1. The van der Waals surface area contributed by atoms with Gasteiger partial charge in [-0.1, -0.05) is 36.4 Å². The summed E-state index contributed by atoms with van der Waals surface area (Å²) < 4.78 is 6.92. The zero-order valence-corrected chi connectivity index (χ0v) is 15.6. The second-order valence-corrected chi connectivity index (χ2v) is 6.89. The average Bonchev–Trinajstić information content (AvgIpc) is 3.10. The minimum absolute atomic E-state index is 0.0534. The maximum absolute atomic E-state index is 12.9. The molecule has 5 heteroatoms. The topological polar surface area (TPSA) is 56.1 Å². The fourth-order valence-corrected chi connectivity index (χ4v) is 3.74. The van der Waals surface area contributed by atoms with E-state index < -0.39 is 0 Å². The summed E-state index contributed by atoms with van der Waals surface area (Å²) in [6, 6.07) is 17.9. The van der Waals surface area contributed by atoms with Crippen LogP contribution in [0.5, 0.6) is 5.75 Å². The van der Waals surface area contributed by atoms with Gasteiger partial charge in [0.1, 0.15) is 11.4 Å². The Morgan fingerprint density at radius 1 is 1.19 bits per heavy atom. The second kappa shape index (κ2) is 7.27. The maximum Gasteiger partial charge on any atom is 0.270 e. The third-order valence-electron chi connectivity index (χ3n) is 5.15. The van der Waals surface area contributed by atoms with Crippen molar-refractivity contribution in [1.29, 1.82) is 0 Å². The Morgan fingerprint density at radius 3 is 2.89 bits per heavy atom. The first-order valence-corrected chi connectivity index (χ1v) is 9.23. The molecule has 4 rings (SSSR count). The van der Waals surface area contributed by atoms with Crippen molar-refractivity contribution < 1.29 is 9.53 Å². The summed E-state index contributed by atoms with van der Waals surface area (Å²) in [5, 5.41) is 7.71. The van der Waals surface area contributed by atoms with Gasteiger partial charge in [0, 0.05) is 12.6 Å². The minimum Gasteiger partial charge on any atom is -0.497 e. The van der Waals surface area contributed by atoms with Crippen LogP contribution in [-0.4, -0.2) is 22.8 Å². The summed E-state index contributed by atoms with van der Waals surface area (Å²) in [6.45, 7) is 0. The molecule has 0 radical (unpaired) electrons. The first kappa shape index (κ1) is 17.3. The van der Waals surface area contributed by atoms with Crippen LogP contribution >= 0.6 is 0 Å². The summed E-state index contributed by atoms with van der Waals surface area (Å²) in [5.74, 6) is 0.670. The summed E-state index contributed by atoms with van der Waals surface area (Å²) in [6.07, 6.45) is 3.12. The minimum atomic E-state index is -0.0964.